The number of halogens is 4. The molecule has 0 amide bonds. The van der Waals surface area contributed by atoms with E-state index in [0.717, 1.165) is 10.0 Å². The Balaban J connectivity index is 2.43. The summed E-state index contributed by atoms with van der Waals surface area (Å²) in [6.45, 7) is 1.90. The largest absolute Gasteiger partial charge is 0.337 e. The summed E-state index contributed by atoms with van der Waals surface area (Å²) >= 11 is 21.7. The van der Waals surface area contributed by atoms with Crippen LogP contribution in [-0.4, -0.2) is 4.98 Å². The maximum absolute atomic E-state index is 6.20. The number of anilines is 2. The van der Waals surface area contributed by atoms with Crippen molar-refractivity contribution in [2.75, 3.05) is 5.32 Å². The highest BCUT2D eigenvalue weighted by molar-refractivity contribution is 9.10. The number of benzene rings is 1. The van der Waals surface area contributed by atoms with E-state index < -0.39 is 0 Å². The summed E-state index contributed by atoms with van der Waals surface area (Å²) in [4.78, 5) is 4.18. The van der Waals surface area contributed by atoms with Crippen molar-refractivity contribution in [1.82, 2.24) is 4.98 Å². The van der Waals surface area contributed by atoms with Gasteiger partial charge in [0, 0.05) is 10.7 Å². The molecule has 94 valence electrons. The van der Waals surface area contributed by atoms with Crippen LogP contribution in [0.2, 0.25) is 15.1 Å². The lowest BCUT2D eigenvalue weighted by Crippen LogP contribution is -1.97. The number of aryl methyl sites for hydroxylation is 1. The number of aromatic nitrogens is 1. The Kier molecular flexibility index (Phi) is 4.38. The molecule has 1 aromatic carbocycles. The van der Waals surface area contributed by atoms with Crippen LogP contribution < -0.4 is 5.32 Å². The van der Waals surface area contributed by atoms with E-state index in [9.17, 15) is 0 Å². The zero-order valence-electron chi connectivity index (χ0n) is 9.27. The van der Waals surface area contributed by atoms with Gasteiger partial charge in [0.05, 0.1) is 20.8 Å². The van der Waals surface area contributed by atoms with Gasteiger partial charge < -0.3 is 5.32 Å². The van der Waals surface area contributed by atoms with Crippen LogP contribution in [0.4, 0.5) is 11.5 Å². The average molecular weight is 366 g/mol. The van der Waals surface area contributed by atoms with E-state index in [1.807, 2.05) is 13.0 Å². The monoisotopic (exact) mass is 364 g/mol. The fourth-order valence-electron chi connectivity index (χ4n) is 1.40. The fourth-order valence-corrected chi connectivity index (χ4v) is 2.54. The highest BCUT2D eigenvalue weighted by Crippen LogP contribution is 2.36. The van der Waals surface area contributed by atoms with Crippen molar-refractivity contribution >= 4 is 62.2 Å². The summed E-state index contributed by atoms with van der Waals surface area (Å²) in [5.74, 6) is 0.509. The molecule has 2 nitrogen and oxygen atoms in total. The summed E-state index contributed by atoms with van der Waals surface area (Å²) in [6.07, 6.45) is 1.64. The van der Waals surface area contributed by atoms with E-state index in [2.05, 4.69) is 26.2 Å². The van der Waals surface area contributed by atoms with Gasteiger partial charge in [-0.1, -0.05) is 40.9 Å². The van der Waals surface area contributed by atoms with Gasteiger partial charge in [-0.3, -0.25) is 0 Å². The van der Waals surface area contributed by atoms with Gasteiger partial charge in [-0.25, -0.2) is 4.98 Å². The Bertz CT molecular complexity index is 602. The molecule has 0 radical (unpaired) electrons. The lowest BCUT2D eigenvalue weighted by atomic mass is 10.2. The van der Waals surface area contributed by atoms with Crippen LogP contribution in [0.5, 0.6) is 0 Å². The maximum atomic E-state index is 6.20. The molecule has 2 rings (SSSR count). The van der Waals surface area contributed by atoms with Crippen LogP contribution in [0.15, 0.2) is 28.9 Å². The van der Waals surface area contributed by atoms with Gasteiger partial charge in [0.25, 0.3) is 0 Å². The molecule has 0 aliphatic rings. The second kappa shape index (κ2) is 5.66. The van der Waals surface area contributed by atoms with Crippen LogP contribution in [0.3, 0.4) is 0 Å². The van der Waals surface area contributed by atoms with Gasteiger partial charge >= 0.3 is 0 Å². The lowest BCUT2D eigenvalue weighted by Gasteiger charge is -2.12. The van der Waals surface area contributed by atoms with Crippen molar-refractivity contribution in [1.29, 1.82) is 0 Å². The smallest absolute Gasteiger partial charge is 0.149 e. The predicted molar refractivity (Wildman–Crippen MR) is 81.4 cm³/mol. The standard InChI is InChI=1S/C12H8BrCl3N2/c1-6-2-3-8(14)11(10(6)16)18-12-9(15)4-7(13)5-17-12/h2-5H,1H3,(H,17,18). The first kappa shape index (κ1) is 13.9. The van der Waals surface area contributed by atoms with E-state index in [0.29, 0.717) is 26.6 Å². The molecule has 0 saturated carbocycles. The van der Waals surface area contributed by atoms with E-state index in [-0.39, 0.29) is 0 Å². The summed E-state index contributed by atoms with van der Waals surface area (Å²) < 4.78 is 0.805. The Labute approximate surface area is 128 Å². The molecule has 0 unspecified atom stereocenters. The minimum absolute atomic E-state index is 0.484. The third-order valence-corrected chi connectivity index (χ3v) is 3.86. The van der Waals surface area contributed by atoms with E-state index in [1.54, 1.807) is 18.3 Å². The van der Waals surface area contributed by atoms with Crippen LogP contribution >= 0.6 is 50.7 Å². The summed E-state index contributed by atoms with van der Waals surface area (Å²) in [5.41, 5.74) is 1.53. The quantitative estimate of drug-likeness (QED) is 0.720. The van der Waals surface area contributed by atoms with Crippen LogP contribution in [-0.2, 0) is 0 Å². The summed E-state index contributed by atoms with van der Waals surface area (Å²) in [7, 11) is 0. The first-order valence-corrected chi connectivity index (χ1v) is 6.94. The second-order valence-corrected chi connectivity index (χ2v) is 5.77. The van der Waals surface area contributed by atoms with Crippen molar-refractivity contribution in [2.24, 2.45) is 0 Å². The molecule has 0 aliphatic carbocycles. The molecular weight excluding hydrogens is 358 g/mol. The molecule has 6 heteroatoms. The SMILES string of the molecule is Cc1ccc(Cl)c(Nc2ncc(Br)cc2Cl)c1Cl. The molecule has 1 N–H and O–H groups in total. The molecule has 0 spiro atoms. The Morgan fingerprint density at radius 3 is 2.56 bits per heavy atom. The number of rotatable bonds is 2. The minimum atomic E-state index is 0.484. The van der Waals surface area contributed by atoms with E-state index >= 15 is 0 Å². The molecule has 0 aliphatic heterocycles. The van der Waals surface area contributed by atoms with Crippen LogP contribution in [0.25, 0.3) is 0 Å². The number of pyridine rings is 1. The molecular formula is C12H8BrCl3N2. The zero-order chi connectivity index (χ0) is 13.3. The Morgan fingerprint density at radius 2 is 1.89 bits per heavy atom. The first-order chi connectivity index (χ1) is 8.49. The highest BCUT2D eigenvalue weighted by Gasteiger charge is 2.11. The van der Waals surface area contributed by atoms with Gasteiger partial charge in [-0.15, -0.1) is 0 Å². The van der Waals surface area contributed by atoms with E-state index in [1.165, 1.54) is 0 Å². The topological polar surface area (TPSA) is 24.9 Å². The van der Waals surface area contributed by atoms with Crippen LogP contribution in [0, 0.1) is 6.92 Å². The summed E-state index contributed by atoms with van der Waals surface area (Å²) in [6, 6.07) is 5.37. The number of nitrogens with zero attached hydrogens (tertiary/aromatic N) is 1. The van der Waals surface area contributed by atoms with Crippen molar-refractivity contribution in [3.63, 3.8) is 0 Å². The molecule has 1 aromatic heterocycles. The Morgan fingerprint density at radius 1 is 1.17 bits per heavy atom. The molecule has 0 atom stereocenters. The third kappa shape index (κ3) is 2.91. The van der Waals surface area contributed by atoms with Gasteiger partial charge in [-0.05, 0) is 40.5 Å². The molecule has 2 aromatic rings. The fraction of sp³-hybridized carbons (Fsp3) is 0.0833. The predicted octanol–water partition coefficient (Wildman–Crippen LogP) is 5.86. The van der Waals surface area contributed by atoms with Crippen molar-refractivity contribution in [2.45, 2.75) is 6.92 Å². The Hall–Kier alpha value is -0.480. The minimum Gasteiger partial charge on any atom is -0.337 e. The van der Waals surface area contributed by atoms with Crippen molar-refractivity contribution in [3.8, 4) is 0 Å². The van der Waals surface area contributed by atoms with Crippen molar-refractivity contribution in [3.05, 3.63) is 49.5 Å². The van der Waals surface area contributed by atoms with Gasteiger partial charge in [0.15, 0.2) is 0 Å². The van der Waals surface area contributed by atoms with E-state index in [4.69, 9.17) is 34.8 Å². The molecule has 1 heterocycles. The summed E-state index contributed by atoms with van der Waals surface area (Å²) in [5, 5.41) is 4.61. The molecule has 0 bridgehead atoms. The van der Waals surface area contributed by atoms with Gasteiger partial charge in [0.2, 0.25) is 0 Å². The highest BCUT2D eigenvalue weighted by atomic mass is 79.9. The molecule has 0 fully saturated rings. The molecule has 18 heavy (non-hydrogen) atoms. The van der Waals surface area contributed by atoms with Crippen LogP contribution in [0.1, 0.15) is 5.56 Å². The number of hydrogen-bond donors (Lipinski definition) is 1. The first-order valence-electron chi connectivity index (χ1n) is 5.01. The average Bonchev–Trinajstić information content (AvgIpc) is 2.32. The van der Waals surface area contributed by atoms with Gasteiger partial charge in [0.1, 0.15) is 5.82 Å². The van der Waals surface area contributed by atoms with Gasteiger partial charge in [-0.2, -0.15) is 0 Å². The third-order valence-electron chi connectivity index (χ3n) is 2.34. The van der Waals surface area contributed by atoms with Crippen molar-refractivity contribution < 1.29 is 0 Å². The number of nitrogens with one attached hydrogen (secondary N) is 1. The lowest BCUT2D eigenvalue weighted by molar-refractivity contribution is 1.29. The zero-order valence-corrected chi connectivity index (χ0v) is 13.1. The number of hydrogen-bond acceptors (Lipinski definition) is 2. The normalized spacial score (nSPS) is 10.5. The second-order valence-electron chi connectivity index (χ2n) is 3.66. The maximum Gasteiger partial charge on any atom is 0.149 e. The molecule has 0 saturated heterocycles.